The third-order valence-electron chi connectivity index (χ3n) is 4.25. The van der Waals surface area contributed by atoms with E-state index < -0.39 is 5.91 Å². The molecule has 1 N–H and O–H groups in total. The summed E-state index contributed by atoms with van der Waals surface area (Å²) in [4.78, 5) is 12.6. The molecule has 0 aliphatic heterocycles. The average molecular weight is 408 g/mol. The molecule has 0 atom stereocenters. The lowest BCUT2D eigenvalue weighted by Crippen LogP contribution is -2.18. The van der Waals surface area contributed by atoms with Crippen molar-refractivity contribution in [1.82, 2.24) is 5.43 Å². The number of halogens is 1. The van der Waals surface area contributed by atoms with Crippen LogP contribution < -0.4 is 19.6 Å². The van der Waals surface area contributed by atoms with Crippen LogP contribution >= 0.6 is 0 Å². The standard InChI is InChI=1S/C23H21FN2O4/c1-28-19-12-9-17(22(13-19)29-2)14-25-26-23(27)20-5-3-4-6-21(20)30-15-16-7-10-18(24)11-8-16/h3-14H,15H2,1-2H3,(H,26,27). The van der Waals surface area contributed by atoms with Crippen LogP contribution in [0.4, 0.5) is 4.39 Å². The smallest absolute Gasteiger partial charge is 0.275 e. The molecule has 0 fully saturated rings. The number of para-hydroxylation sites is 1. The molecule has 0 aliphatic carbocycles. The molecule has 3 aromatic rings. The Hall–Kier alpha value is -3.87. The van der Waals surface area contributed by atoms with Crippen molar-refractivity contribution in [3.63, 3.8) is 0 Å². The minimum atomic E-state index is -0.423. The highest BCUT2D eigenvalue weighted by Crippen LogP contribution is 2.23. The lowest BCUT2D eigenvalue weighted by atomic mass is 10.2. The van der Waals surface area contributed by atoms with Gasteiger partial charge in [-0.25, -0.2) is 9.82 Å². The Morgan fingerprint density at radius 1 is 1.00 bits per heavy atom. The maximum Gasteiger partial charge on any atom is 0.275 e. The van der Waals surface area contributed by atoms with E-state index in [2.05, 4.69) is 10.5 Å². The topological polar surface area (TPSA) is 69.2 Å². The first-order chi connectivity index (χ1) is 14.6. The molecule has 30 heavy (non-hydrogen) atoms. The van der Waals surface area contributed by atoms with E-state index in [0.717, 1.165) is 5.56 Å². The van der Waals surface area contributed by atoms with Crippen molar-refractivity contribution in [2.45, 2.75) is 6.61 Å². The van der Waals surface area contributed by atoms with Gasteiger partial charge < -0.3 is 14.2 Å². The summed E-state index contributed by atoms with van der Waals surface area (Å²) < 4.78 is 29.2. The fourth-order valence-corrected chi connectivity index (χ4v) is 2.67. The Kier molecular flexibility index (Phi) is 7.00. The number of rotatable bonds is 8. The SMILES string of the molecule is COc1ccc(C=NNC(=O)c2ccccc2OCc2ccc(F)cc2)c(OC)c1. The van der Waals surface area contributed by atoms with Crippen LogP contribution in [0.15, 0.2) is 71.8 Å². The summed E-state index contributed by atoms with van der Waals surface area (Å²) in [7, 11) is 3.11. The lowest BCUT2D eigenvalue weighted by molar-refractivity contribution is 0.0950. The van der Waals surface area contributed by atoms with Gasteiger partial charge in [0.25, 0.3) is 5.91 Å². The molecule has 0 unspecified atom stereocenters. The Balaban J connectivity index is 1.67. The van der Waals surface area contributed by atoms with Gasteiger partial charge >= 0.3 is 0 Å². The summed E-state index contributed by atoms with van der Waals surface area (Å²) >= 11 is 0. The van der Waals surface area contributed by atoms with Crippen LogP contribution in [-0.4, -0.2) is 26.3 Å². The second kappa shape index (κ2) is 10.1. The molecular formula is C23H21FN2O4. The largest absolute Gasteiger partial charge is 0.497 e. The number of methoxy groups -OCH3 is 2. The number of hydrogen-bond acceptors (Lipinski definition) is 5. The summed E-state index contributed by atoms with van der Waals surface area (Å²) in [5, 5.41) is 4.01. The highest BCUT2D eigenvalue weighted by molar-refractivity contribution is 5.97. The number of carbonyl (C=O) groups is 1. The van der Waals surface area contributed by atoms with E-state index in [1.54, 1.807) is 68.8 Å². The minimum Gasteiger partial charge on any atom is -0.497 e. The molecule has 0 spiro atoms. The number of hydrazone groups is 1. The van der Waals surface area contributed by atoms with Crippen molar-refractivity contribution >= 4 is 12.1 Å². The molecular weight excluding hydrogens is 387 g/mol. The molecule has 0 aliphatic rings. The molecule has 7 heteroatoms. The van der Waals surface area contributed by atoms with Crippen LogP contribution in [0.1, 0.15) is 21.5 Å². The van der Waals surface area contributed by atoms with Gasteiger partial charge in [-0.3, -0.25) is 4.79 Å². The van der Waals surface area contributed by atoms with E-state index in [-0.39, 0.29) is 12.4 Å². The number of amides is 1. The van der Waals surface area contributed by atoms with Gasteiger partial charge in [0, 0.05) is 11.6 Å². The third-order valence-corrected chi connectivity index (χ3v) is 4.25. The van der Waals surface area contributed by atoms with E-state index in [0.29, 0.717) is 28.4 Å². The molecule has 0 saturated heterocycles. The predicted octanol–water partition coefficient (Wildman–Crippen LogP) is 4.19. The van der Waals surface area contributed by atoms with Crippen molar-refractivity contribution in [1.29, 1.82) is 0 Å². The van der Waals surface area contributed by atoms with Crippen LogP contribution in [0.5, 0.6) is 17.2 Å². The van der Waals surface area contributed by atoms with Crippen molar-refractivity contribution in [2.75, 3.05) is 14.2 Å². The first kappa shape index (κ1) is 20.9. The van der Waals surface area contributed by atoms with E-state index >= 15 is 0 Å². The quantitative estimate of drug-likeness (QED) is 0.448. The summed E-state index contributed by atoms with van der Waals surface area (Å²) in [5.41, 5.74) is 4.29. The van der Waals surface area contributed by atoms with Gasteiger partial charge in [0.15, 0.2) is 0 Å². The van der Waals surface area contributed by atoms with Crippen molar-refractivity contribution in [2.24, 2.45) is 5.10 Å². The highest BCUT2D eigenvalue weighted by Gasteiger charge is 2.12. The van der Waals surface area contributed by atoms with Crippen LogP contribution in [-0.2, 0) is 6.61 Å². The predicted molar refractivity (Wildman–Crippen MR) is 112 cm³/mol. The summed E-state index contributed by atoms with van der Waals surface area (Å²) in [6.45, 7) is 0.205. The van der Waals surface area contributed by atoms with Gasteiger partial charge in [-0.1, -0.05) is 24.3 Å². The molecule has 3 rings (SSSR count). The zero-order valence-electron chi connectivity index (χ0n) is 16.6. The Morgan fingerprint density at radius 3 is 2.50 bits per heavy atom. The second-order valence-electron chi connectivity index (χ2n) is 6.22. The Bertz CT molecular complexity index is 1040. The zero-order valence-corrected chi connectivity index (χ0v) is 16.6. The number of benzene rings is 3. The molecule has 6 nitrogen and oxygen atoms in total. The monoisotopic (exact) mass is 408 g/mol. The maximum absolute atomic E-state index is 13.0. The lowest BCUT2D eigenvalue weighted by Gasteiger charge is -2.10. The van der Waals surface area contributed by atoms with Crippen molar-refractivity contribution in [3.8, 4) is 17.2 Å². The molecule has 0 radical (unpaired) electrons. The number of nitrogens with one attached hydrogen (secondary N) is 1. The number of nitrogens with zero attached hydrogens (tertiary/aromatic N) is 1. The van der Waals surface area contributed by atoms with Crippen LogP contribution in [0.2, 0.25) is 0 Å². The molecule has 1 amide bonds. The van der Waals surface area contributed by atoms with E-state index in [1.165, 1.54) is 18.3 Å². The molecule has 3 aromatic carbocycles. The van der Waals surface area contributed by atoms with Crippen LogP contribution in [0.25, 0.3) is 0 Å². The molecule has 0 bridgehead atoms. The van der Waals surface area contributed by atoms with Gasteiger partial charge in [-0.15, -0.1) is 0 Å². The summed E-state index contributed by atoms with van der Waals surface area (Å²) in [6.07, 6.45) is 1.48. The first-order valence-corrected chi connectivity index (χ1v) is 9.12. The normalized spacial score (nSPS) is 10.6. The number of ether oxygens (including phenoxy) is 3. The first-order valence-electron chi connectivity index (χ1n) is 9.12. The molecule has 0 aromatic heterocycles. The Labute approximate surface area is 173 Å². The fourth-order valence-electron chi connectivity index (χ4n) is 2.67. The van der Waals surface area contributed by atoms with Crippen molar-refractivity contribution in [3.05, 3.63) is 89.2 Å². The average Bonchev–Trinajstić information content (AvgIpc) is 2.79. The summed E-state index contributed by atoms with van der Waals surface area (Å²) in [6, 6.07) is 18.1. The number of hydrogen-bond donors (Lipinski definition) is 1. The Morgan fingerprint density at radius 2 is 1.77 bits per heavy atom. The zero-order chi connectivity index (χ0) is 21.3. The van der Waals surface area contributed by atoms with Gasteiger partial charge in [-0.2, -0.15) is 5.10 Å². The van der Waals surface area contributed by atoms with Gasteiger partial charge in [0.1, 0.15) is 29.7 Å². The van der Waals surface area contributed by atoms with Crippen LogP contribution in [0.3, 0.4) is 0 Å². The van der Waals surface area contributed by atoms with Gasteiger partial charge in [0.2, 0.25) is 0 Å². The molecule has 0 heterocycles. The van der Waals surface area contributed by atoms with E-state index in [1.807, 2.05) is 0 Å². The van der Waals surface area contributed by atoms with E-state index in [4.69, 9.17) is 14.2 Å². The second-order valence-corrected chi connectivity index (χ2v) is 6.22. The summed E-state index contributed by atoms with van der Waals surface area (Å²) in [5.74, 6) is 0.880. The van der Waals surface area contributed by atoms with E-state index in [9.17, 15) is 9.18 Å². The van der Waals surface area contributed by atoms with Gasteiger partial charge in [-0.05, 0) is 42.0 Å². The molecule has 0 saturated carbocycles. The third kappa shape index (κ3) is 5.35. The minimum absolute atomic E-state index is 0.205. The maximum atomic E-state index is 13.0. The van der Waals surface area contributed by atoms with Gasteiger partial charge in [0.05, 0.1) is 26.0 Å². The molecule has 154 valence electrons. The van der Waals surface area contributed by atoms with Crippen molar-refractivity contribution < 1.29 is 23.4 Å². The fraction of sp³-hybridized carbons (Fsp3) is 0.130. The van der Waals surface area contributed by atoms with Crippen LogP contribution in [0, 0.1) is 5.82 Å². The number of carbonyl (C=O) groups excluding carboxylic acids is 1. The highest BCUT2D eigenvalue weighted by atomic mass is 19.1.